The maximum Gasteiger partial charge on any atom is 0.264 e. The van der Waals surface area contributed by atoms with Crippen molar-refractivity contribution >= 4 is 34.6 Å². The molecule has 0 unspecified atom stereocenters. The zero-order chi connectivity index (χ0) is 18.5. The number of phenols is 1. The van der Waals surface area contributed by atoms with Crippen LogP contribution in [0, 0.1) is 0 Å². The normalized spacial score (nSPS) is 16.9. The Hall–Kier alpha value is -2.73. The standard InChI is InChI=1S/C20H20N2O3S/c1-3-13-5-8-15(9-6-13)21-20-22-19(24)18(26-20)12-14-7-10-16(23)17(11-14)25-4-2/h5-12,23H,3-4H2,1-2H3,(H,21,22,24)/b18-12-. The van der Waals surface area contributed by atoms with Gasteiger partial charge in [-0.25, -0.2) is 4.99 Å². The fraction of sp³-hybridized carbons (Fsp3) is 0.200. The van der Waals surface area contributed by atoms with Crippen LogP contribution in [0.15, 0.2) is 52.4 Å². The van der Waals surface area contributed by atoms with Crippen LogP contribution in [-0.4, -0.2) is 22.8 Å². The van der Waals surface area contributed by atoms with Crippen molar-refractivity contribution in [3.05, 3.63) is 58.5 Å². The van der Waals surface area contributed by atoms with Gasteiger partial charge in [0.1, 0.15) is 0 Å². The molecule has 1 saturated heterocycles. The highest BCUT2D eigenvalue weighted by atomic mass is 32.2. The molecule has 0 aliphatic carbocycles. The van der Waals surface area contributed by atoms with E-state index in [1.54, 1.807) is 24.3 Å². The summed E-state index contributed by atoms with van der Waals surface area (Å²) in [5.74, 6) is 0.287. The van der Waals surface area contributed by atoms with E-state index >= 15 is 0 Å². The Balaban J connectivity index is 1.79. The highest BCUT2D eigenvalue weighted by Crippen LogP contribution is 2.31. The van der Waals surface area contributed by atoms with Gasteiger partial charge in [0.15, 0.2) is 16.7 Å². The first-order chi connectivity index (χ1) is 12.6. The number of rotatable bonds is 5. The molecule has 3 rings (SSSR count). The van der Waals surface area contributed by atoms with Gasteiger partial charge in [-0.2, -0.15) is 0 Å². The van der Waals surface area contributed by atoms with Gasteiger partial charge in [-0.05, 0) is 66.6 Å². The second-order valence-corrected chi connectivity index (χ2v) is 6.69. The van der Waals surface area contributed by atoms with Crippen LogP contribution < -0.4 is 10.1 Å². The number of aromatic hydroxyl groups is 1. The molecule has 26 heavy (non-hydrogen) atoms. The third kappa shape index (κ3) is 4.26. The van der Waals surface area contributed by atoms with Crippen LogP contribution in [-0.2, 0) is 11.2 Å². The molecule has 5 nitrogen and oxygen atoms in total. The van der Waals surface area contributed by atoms with Crippen LogP contribution in [0.4, 0.5) is 5.69 Å². The van der Waals surface area contributed by atoms with Gasteiger partial charge in [-0.3, -0.25) is 4.79 Å². The van der Waals surface area contributed by atoms with E-state index in [4.69, 9.17) is 4.74 Å². The molecular formula is C20H20N2O3S. The molecule has 6 heteroatoms. The summed E-state index contributed by atoms with van der Waals surface area (Å²) in [7, 11) is 0. The van der Waals surface area contributed by atoms with E-state index in [1.807, 2.05) is 31.2 Å². The molecular weight excluding hydrogens is 348 g/mol. The van der Waals surface area contributed by atoms with Crippen molar-refractivity contribution in [3.8, 4) is 11.5 Å². The molecule has 2 N–H and O–H groups in total. The van der Waals surface area contributed by atoms with E-state index in [-0.39, 0.29) is 11.7 Å². The molecule has 1 fully saturated rings. The lowest BCUT2D eigenvalue weighted by atomic mass is 10.2. The molecule has 0 aromatic heterocycles. The fourth-order valence-electron chi connectivity index (χ4n) is 2.45. The number of aliphatic imine (C=N–C) groups is 1. The summed E-state index contributed by atoms with van der Waals surface area (Å²) in [5.41, 5.74) is 2.82. The number of phenolic OH excluding ortho intramolecular Hbond substituents is 1. The van der Waals surface area contributed by atoms with Gasteiger partial charge in [0, 0.05) is 0 Å². The van der Waals surface area contributed by atoms with Gasteiger partial charge >= 0.3 is 0 Å². The number of carbonyl (C=O) groups is 1. The van der Waals surface area contributed by atoms with Crippen molar-refractivity contribution in [2.45, 2.75) is 20.3 Å². The highest BCUT2D eigenvalue weighted by Gasteiger charge is 2.23. The second-order valence-electron chi connectivity index (χ2n) is 5.66. The Morgan fingerprint density at radius 1 is 1.19 bits per heavy atom. The number of amides is 1. The van der Waals surface area contributed by atoms with Crippen molar-refractivity contribution in [2.24, 2.45) is 4.99 Å². The predicted molar refractivity (Wildman–Crippen MR) is 106 cm³/mol. The second kappa shape index (κ2) is 8.10. The summed E-state index contributed by atoms with van der Waals surface area (Å²) in [5, 5.41) is 13.1. The molecule has 0 radical (unpaired) electrons. The molecule has 1 aliphatic heterocycles. The zero-order valence-electron chi connectivity index (χ0n) is 14.7. The number of aryl methyl sites for hydroxylation is 1. The molecule has 0 bridgehead atoms. The van der Waals surface area contributed by atoms with Gasteiger partial charge < -0.3 is 15.2 Å². The Morgan fingerprint density at radius 2 is 1.96 bits per heavy atom. The van der Waals surface area contributed by atoms with Crippen LogP contribution in [0.5, 0.6) is 11.5 Å². The summed E-state index contributed by atoms with van der Waals surface area (Å²) in [6.45, 7) is 4.41. The van der Waals surface area contributed by atoms with Gasteiger partial charge in [0.2, 0.25) is 0 Å². The average Bonchev–Trinajstić information content (AvgIpc) is 2.98. The summed E-state index contributed by atoms with van der Waals surface area (Å²) >= 11 is 1.29. The molecule has 0 atom stereocenters. The highest BCUT2D eigenvalue weighted by molar-refractivity contribution is 8.18. The quantitative estimate of drug-likeness (QED) is 0.774. The zero-order valence-corrected chi connectivity index (χ0v) is 15.5. The molecule has 1 heterocycles. The summed E-state index contributed by atoms with van der Waals surface area (Å²) < 4.78 is 5.38. The summed E-state index contributed by atoms with van der Waals surface area (Å²) in [6, 6.07) is 12.9. The van der Waals surface area contributed by atoms with Crippen molar-refractivity contribution in [3.63, 3.8) is 0 Å². The maximum atomic E-state index is 12.2. The number of hydrogen-bond donors (Lipinski definition) is 2. The lowest BCUT2D eigenvalue weighted by Crippen LogP contribution is -2.19. The van der Waals surface area contributed by atoms with Crippen LogP contribution in [0.25, 0.3) is 6.08 Å². The maximum absolute atomic E-state index is 12.2. The van der Waals surface area contributed by atoms with Crippen LogP contribution in [0.2, 0.25) is 0 Å². The Morgan fingerprint density at radius 3 is 2.65 bits per heavy atom. The van der Waals surface area contributed by atoms with Crippen molar-refractivity contribution in [1.82, 2.24) is 5.32 Å². The average molecular weight is 368 g/mol. The molecule has 2 aromatic carbocycles. The summed E-state index contributed by atoms with van der Waals surface area (Å²) in [6.07, 6.45) is 2.73. The molecule has 0 saturated carbocycles. The molecule has 134 valence electrons. The SMILES string of the molecule is CCOc1cc(/C=C2\SC(=Nc3ccc(CC)cc3)NC2=O)ccc1O. The number of nitrogens with one attached hydrogen (secondary N) is 1. The molecule has 1 aliphatic rings. The molecule has 2 aromatic rings. The molecule has 0 spiro atoms. The first-order valence-electron chi connectivity index (χ1n) is 8.43. The Kier molecular flexibility index (Phi) is 5.63. The van der Waals surface area contributed by atoms with Gasteiger partial charge in [-0.15, -0.1) is 0 Å². The van der Waals surface area contributed by atoms with Gasteiger partial charge in [-0.1, -0.05) is 25.1 Å². The predicted octanol–water partition coefficient (Wildman–Crippen LogP) is 4.24. The van der Waals surface area contributed by atoms with Gasteiger partial charge in [0.25, 0.3) is 5.91 Å². The minimum absolute atomic E-state index is 0.0790. The molecule has 1 amide bonds. The van der Waals surface area contributed by atoms with Crippen LogP contribution >= 0.6 is 11.8 Å². The Bertz CT molecular complexity index is 873. The minimum Gasteiger partial charge on any atom is -0.504 e. The largest absolute Gasteiger partial charge is 0.504 e. The number of carbonyl (C=O) groups excluding carboxylic acids is 1. The minimum atomic E-state index is -0.190. The van der Waals surface area contributed by atoms with Crippen molar-refractivity contribution in [1.29, 1.82) is 0 Å². The first kappa shape index (κ1) is 18.1. The third-order valence-corrected chi connectivity index (χ3v) is 4.72. The van der Waals surface area contributed by atoms with E-state index in [0.29, 0.717) is 22.4 Å². The summed E-state index contributed by atoms with van der Waals surface area (Å²) in [4.78, 5) is 17.2. The van der Waals surface area contributed by atoms with Crippen LogP contribution in [0.3, 0.4) is 0 Å². The Labute approximate surface area is 156 Å². The van der Waals surface area contributed by atoms with E-state index in [1.165, 1.54) is 17.3 Å². The van der Waals surface area contributed by atoms with Crippen molar-refractivity contribution in [2.75, 3.05) is 6.61 Å². The lowest BCUT2D eigenvalue weighted by Gasteiger charge is -2.06. The number of amidine groups is 1. The van der Waals surface area contributed by atoms with Crippen molar-refractivity contribution < 1.29 is 14.6 Å². The van der Waals surface area contributed by atoms with E-state index in [0.717, 1.165) is 17.7 Å². The third-order valence-electron chi connectivity index (χ3n) is 3.81. The van der Waals surface area contributed by atoms with Crippen LogP contribution in [0.1, 0.15) is 25.0 Å². The smallest absolute Gasteiger partial charge is 0.264 e. The number of thioether (sulfide) groups is 1. The number of nitrogens with zero attached hydrogens (tertiary/aromatic N) is 1. The number of benzene rings is 2. The fourth-order valence-corrected chi connectivity index (χ4v) is 3.29. The lowest BCUT2D eigenvalue weighted by molar-refractivity contribution is -0.115. The van der Waals surface area contributed by atoms with Gasteiger partial charge in [0.05, 0.1) is 17.2 Å². The monoisotopic (exact) mass is 368 g/mol. The van der Waals surface area contributed by atoms with E-state index in [9.17, 15) is 9.90 Å². The van der Waals surface area contributed by atoms with E-state index < -0.39 is 0 Å². The van der Waals surface area contributed by atoms with E-state index in [2.05, 4.69) is 17.2 Å². The number of hydrogen-bond acceptors (Lipinski definition) is 5. The topological polar surface area (TPSA) is 70.9 Å². The first-order valence-corrected chi connectivity index (χ1v) is 9.25. The number of ether oxygens (including phenoxy) is 1.